The van der Waals surface area contributed by atoms with Gasteiger partial charge in [0.2, 0.25) is 0 Å². The Hall–Kier alpha value is -1.12. The molecule has 1 rings (SSSR count). The van der Waals surface area contributed by atoms with Crippen molar-refractivity contribution in [1.82, 2.24) is 0 Å². The van der Waals surface area contributed by atoms with Crippen LogP contribution < -0.4 is 0 Å². The van der Waals surface area contributed by atoms with Crippen LogP contribution in [0, 0.1) is 5.41 Å². The summed E-state index contributed by atoms with van der Waals surface area (Å²) < 4.78 is 4.50. The van der Waals surface area contributed by atoms with E-state index in [1.807, 2.05) is 13.8 Å². The van der Waals surface area contributed by atoms with Crippen molar-refractivity contribution in [2.45, 2.75) is 26.7 Å². The molecule has 0 saturated heterocycles. The van der Waals surface area contributed by atoms with E-state index >= 15 is 0 Å². The van der Waals surface area contributed by atoms with E-state index in [0.29, 0.717) is 6.42 Å². The van der Waals surface area contributed by atoms with Crippen LogP contribution in [-0.2, 0) is 14.3 Å². The molecule has 0 aliphatic heterocycles. The van der Waals surface area contributed by atoms with Gasteiger partial charge in [0, 0.05) is 6.42 Å². The first-order valence-corrected chi connectivity index (χ1v) is 4.28. The Balaban J connectivity index is 2.85. The van der Waals surface area contributed by atoms with Gasteiger partial charge in [0.1, 0.15) is 0 Å². The molecule has 0 radical (unpaired) electrons. The van der Waals surface area contributed by atoms with Crippen molar-refractivity contribution in [3.63, 3.8) is 0 Å². The van der Waals surface area contributed by atoms with Crippen molar-refractivity contribution in [3.8, 4) is 0 Å². The van der Waals surface area contributed by atoms with Crippen LogP contribution in [0.2, 0.25) is 0 Å². The quantitative estimate of drug-likeness (QED) is 0.455. The molecule has 13 heavy (non-hydrogen) atoms. The Labute approximate surface area is 77.8 Å². The van der Waals surface area contributed by atoms with Crippen LogP contribution in [0.5, 0.6) is 0 Å². The second-order valence-corrected chi connectivity index (χ2v) is 4.08. The van der Waals surface area contributed by atoms with Crippen molar-refractivity contribution in [1.29, 1.82) is 0 Å². The van der Waals surface area contributed by atoms with Gasteiger partial charge < -0.3 is 4.74 Å². The Bertz CT molecular complexity index is 274. The Morgan fingerprint density at radius 1 is 1.54 bits per heavy atom. The fourth-order valence-electron chi connectivity index (χ4n) is 1.40. The van der Waals surface area contributed by atoms with Crippen molar-refractivity contribution in [3.05, 3.63) is 11.6 Å². The first-order chi connectivity index (χ1) is 5.96. The van der Waals surface area contributed by atoms with Crippen LogP contribution in [0.15, 0.2) is 11.6 Å². The molecule has 3 nitrogen and oxygen atoms in total. The van der Waals surface area contributed by atoms with Crippen LogP contribution in [0.3, 0.4) is 0 Å². The Morgan fingerprint density at radius 2 is 2.15 bits per heavy atom. The molecule has 1 aliphatic rings. The van der Waals surface area contributed by atoms with Gasteiger partial charge in [-0.05, 0) is 11.8 Å². The van der Waals surface area contributed by atoms with E-state index in [4.69, 9.17) is 0 Å². The number of Topliss-reactive ketones (excluding diaryl/α,β-unsaturated/α-hetero) is 1. The minimum Gasteiger partial charge on any atom is -0.465 e. The number of allylic oxidation sites excluding steroid dienone is 1. The summed E-state index contributed by atoms with van der Waals surface area (Å²) in [5.74, 6) is -0.622. The van der Waals surface area contributed by atoms with Crippen molar-refractivity contribution in [2.75, 3.05) is 7.11 Å². The zero-order valence-electron chi connectivity index (χ0n) is 8.22. The molecule has 0 aromatic heterocycles. The third-order valence-corrected chi connectivity index (χ3v) is 2.20. The highest BCUT2D eigenvalue weighted by molar-refractivity contribution is 6.17. The lowest BCUT2D eigenvalue weighted by atomic mass is 9.78. The maximum atomic E-state index is 11.4. The van der Waals surface area contributed by atoms with Crippen molar-refractivity contribution in [2.24, 2.45) is 5.41 Å². The van der Waals surface area contributed by atoms with Gasteiger partial charge in [-0.3, -0.25) is 4.79 Å². The average molecular weight is 182 g/mol. The summed E-state index contributed by atoms with van der Waals surface area (Å²) in [7, 11) is 1.29. The molecule has 0 aromatic carbocycles. The molecular formula is C10H14O3. The number of ketones is 1. The van der Waals surface area contributed by atoms with Crippen LogP contribution in [0.25, 0.3) is 0 Å². The van der Waals surface area contributed by atoms with Gasteiger partial charge in [-0.2, -0.15) is 0 Å². The predicted octanol–water partition coefficient (Wildman–Crippen LogP) is 1.47. The van der Waals surface area contributed by atoms with Gasteiger partial charge in [0.15, 0.2) is 5.78 Å². The zero-order valence-corrected chi connectivity index (χ0v) is 8.22. The molecule has 0 N–H and O–H groups in total. The lowest BCUT2D eigenvalue weighted by Crippen LogP contribution is -2.26. The van der Waals surface area contributed by atoms with E-state index in [-0.39, 0.29) is 16.8 Å². The van der Waals surface area contributed by atoms with Crippen LogP contribution >= 0.6 is 0 Å². The average Bonchev–Trinajstić information content (AvgIpc) is 2.01. The minimum atomic E-state index is -0.513. The maximum absolute atomic E-state index is 11.4. The normalized spacial score (nSPS) is 20.8. The highest BCUT2D eigenvalue weighted by Gasteiger charge is 2.31. The van der Waals surface area contributed by atoms with E-state index in [2.05, 4.69) is 4.74 Å². The number of carbonyl (C=O) groups excluding carboxylic acids is 2. The number of esters is 1. The molecule has 1 aliphatic carbocycles. The second kappa shape index (κ2) is 3.32. The molecule has 0 spiro atoms. The number of carbonyl (C=O) groups is 2. The number of hydrogen-bond acceptors (Lipinski definition) is 3. The largest absolute Gasteiger partial charge is 0.465 e. The maximum Gasteiger partial charge on any atom is 0.341 e. The zero-order chi connectivity index (χ0) is 10.1. The number of hydrogen-bond donors (Lipinski definition) is 0. The van der Waals surface area contributed by atoms with Crippen LogP contribution in [-0.4, -0.2) is 18.9 Å². The van der Waals surface area contributed by atoms with E-state index in [1.165, 1.54) is 7.11 Å². The molecular weight excluding hydrogens is 168 g/mol. The van der Waals surface area contributed by atoms with E-state index in [1.54, 1.807) is 6.08 Å². The summed E-state index contributed by atoms with van der Waals surface area (Å²) in [5, 5.41) is 0. The fraction of sp³-hybridized carbons (Fsp3) is 0.600. The molecule has 0 atom stereocenters. The standard InChI is InChI=1S/C10H14O3/c1-10(2)5-4-7(8(11)6-10)9(12)13-3/h4H,5-6H2,1-3H3. The summed E-state index contributed by atoms with van der Waals surface area (Å²) in [6, 6.07) is 0. The van der Waals surface area contributed by atoms with E-state index < -0.39 is 5.97 Å². The molecule has 0 fully saturated rings. The number of ether oxygens (including phenoxy) is 1. The fourth-order valence-corrected chi connectivity index (χ4v) is 1.40. The molecule has 0 unspecified atom stereocenters. The lowest BCUT2D eigenvalue weighted by Gasteiger charge is -2.26. The molecule has 3 heteroatoms. The molecule has 0 bridgehead atoms. The van der Waals surface area contributed by atoms with Gasteiger partial charge in [-0.15, -0.1) is 0 Å². The molecule has 0 aromatic rings. The monoisotopic (exact) mass is 182 g/mol. The third-order valence-electron chi connectivity index (χ3n) is 2.20. The highest BCUT2D eigenvalue weighted by Crippen LogP contribution is 2.32. The number of methoxy groups -OCH3 is 1. The lowest BCUT2D eigenvalue weighted by molar-refractivity contribution is -0.138. The summed E-state index contributed by atoms with van der Waals surface area (Å²) >= 11 is 0. The molecule has 72 valence electrons. The van der Waals surface area contributed by atoms with Gasteiger partial charge in [-0.25, -0.2) is 4.79 Å². The van der Waals surface area contributed by atoms with Gasteiger partial charge in [-0.1, -0.05) is 19.9 Å². The van der Waals surface area contributed by atoms with Gasteiger partial charge in [0.05, 0.1) is 12.7 Å². The SMILES string of the molecule is COC(=O)C1=CCC(C)(C)CC1=O. The van der Waals surface area contributed by atoms with Crippen molar-refractivity contribution < 1.29 is 14.3 Å². The Morgan fingerprint density at radius 3 is 2.62 bits per heavy atom. The molecule has 0 amide bonds. The van der Waals surface area contributed by atoms with Crippen molar-refractivity contribution >= 4 is 11.8 Å². The summed E-state index contributed by atoms with van der Waals surface area (Å²) in [4.78, 5) is 22.5. The van der Waals surface area contributed by atoms with E-state index in [9.17, 15) is 9.59 Å². The summed E-state index contributed by atoms with van der Waals surface area (Å²) in [5.41, 5.74) is 0.191. The first kappa shape index (κ1) is 9.96. The molecule has 0 saturated carbocycles. The minimum absolute atomic E-state index is 0.0192. The van der Waals surface area contributed by atoms with Gasteiger partial charge in [0.25, 0.3) is 0 Å². The smallest absolute Gasteiger partial charge is 0.341 e. The van der Waals surface area contributed by atoms with Crippen LogP contribution in [0.4, 0.5) is 0 Å². The summed E-state index contributed by atoms with van der Waals surface area (Å²) in [6.45, 7) is 4.02. The second-order valence-electron chi connectivity index (χ2n) is 4.08. The Kier molecular flexibility index (Phi) is 2.55. The van der Waals surface area contributed by atoms with Crippen LogP contribution in [0.1, 0.15) is 26.7 Å². The first-order valence-electron chi connectivity index (χ1n) is 4.28. The topological polar surface area (TPSA) is 43.4 Å². The molecule has 0 heterocycles. The van der Waals surface area contributed by atoms with Gasteiger partial charge >= 0.3 is 5.97 Å². The summed E-state index contributed by atoms with van der Waals surface area (Å²) in [6.07, 6.45) is 2.86. The van der Waals surface area contributed by atoms with E-state index in [0.717, 1.165) is 6.42 Å². The number of rotatable bonds is 1. The highest BCUT2D eigenvalue weighted by atomic mass is 16.5. The third kappa shape index (κ3) is 2.17. The predicted molar refractivity (Wildman–Crippen MR) is 48.1 cm³/mol.